The van der Waals surface area contributed by atoms with E-state index in [0.717, 1.165) is 30.0 Å². The summed E-state index contributed by atoms with van der Waals surface area (Å²) in [6.07, 6.45) is 5.34. The highest BCUT2D eigenvalue weighted by molar-refractivity contribution is 5.36. The Bertz CT molecular complexity index is 511. The second-order valence-electron chi connectivity index (χ2n) is 4.06. The van der Waals surface area contributed by atoms with Crippen molar-refractivity contribution < 1.29 is 0 Å². The minimum Gasteiger partial charge on any atom is -0.364 e. The van der Waals surface area contributed by atoms with Crippen molar-refractivity contribution in [3.63, 3.8) is 0 Å². The van der Waals surface area contributed by atoms with Crippen LogP contribution < -0.4 is 5.32 Å². The molecule has 0 atom stereocenters. The minimum atomic E-state index is 0.699. The molecule has 0 radical (unpaired) electrons. The lowest BCUT2D eigenvalue weighted by Crippen LogP contribution is -2.06. The number of rotatable bonds is 5. The number of pyridine rings is 1. The van der Waals surface area contributed by atoms with E-state index in [1.165, 1.54) is 5.56 Å². The molecule has 4 heteroatoms. The molecule has 2 aromatic rings. The first-order valence-corrected chi connectivity index (χ1v) is 6.31. The lowest BCUT2D eigenvalue weighted by molar-refractivity contribution is 0.948. The standard InChI is InChI=1S/C14H18N4/c1-3-11-6-5-7-15-13(11)9-16-14-8-12(4-2)17-10-18-14/h5-8,10H,3-4,9H2,1-2H3,(H,16,17,18). The Kier molecular flexibility index (Phi) is 4.23. The summed E-state index contributed by atoms with van der Waals surface area (Å²) in [6, 6.07) is 6.07. The van der Waals surface area contributed by atoms with Gasteiger partial charge in [-0.25, -0.2) is 9.97 Å². The number of nitrogens with one attached hydrogen (secondary N) is 1. The van der Waals surface area contributed by atoms with E-state index in [2.05, 4.69) is 40.2 Å². The zero-order chi connectivity index (χ0) is 12.8. The Morgan fingerprint density at radius 2 is 2.00 bits per heavy atom. The highest BCUT2D eigenvalue weighted by Gasteiger charge is 2.02. The van der Waals surface area contributed by atoms with Crippen LogP contribution in [0.3, 0.4) is 0 Å². The Morgan fingerprint density at radius 3 is 2.78 bits per heavy atom. The fourth-order valence-electron chi connectivity index (χ4n) is 1.81. The SMILES string of the molecule is CCc1cc(NCc2ncccc2CC)ncn1. The molecule has 0 saturated heterocycles. The summed E-state index contributed by atoms with van der Waals surface area (Å²) in [5.74, 6) is 0.856. The van der Waals surface area contributed by atoms with E-state index in [1.807, 2.05) is 18.3 Å². The molecular weight excluding hydrogens is 224 g/mol. The predicted octanol–water partition coefficient (Wildman–Crippen LogP) is 2.61. The normalized spacial score (nSPS) is 10.3. The van der Waals surface area contributed by atoms with Crippen LogP contribution in [0.4, 0.5) is 5.82 Å². The van der Waals surface area contributed by atoms with Crippen molar-refractivity contribution in [2.24, 2.45) is 0 Å². The molecule has 0 aliphatic heterocycles. The van der Waals surface area contributed by atoms with Gasteiger partial charge in [0.25, 0.3) is 0 Å². The average Bonchev–Trinajstić information content (AvgIpc) is 2.45. The number of nitrogens with zero attached hydrogens (tertiary/aromatic N) is 3. The summed E-state index contributed by atoms with van der Waals surface area (Å²) >= 11 is 0. The molecule has 0 bridgehead atoms. The molecule has 0 aliphatic carbocycles. The second kappa shape index (κ2) is 6.10. The maximum atomic E-state index is 4.40. The van der Waals surface area contributed by atoms with Crippen molar-refractivity contribution in [3.8, 4) is 0 Å². The maximum Gasteiger partial charge on any atom is 0.129 e. The molecule has 4 nitrogen and oxygen atoms in total. The maximum absolute atomic E-state index is 4.40. The van der Waals surface area contributed by atoms with Gasteiger partial charge in [-0.2, -0.15) is 0 Å². The molecule has 2 aromatic heterocycles. The van der Waals surface area contributed by atoms with Crippen molar-refractivity contribution in [1.82, 2.24) is 15.0 Å². The van der Waals surface area contributed by atoms with Gasteiger partial charge in [0, 0.05) is 18.0 Å². The molecule has 0 aromatic carbocycles. The van der Waals surface area contributed by atoms with Crippen LogP contribution in [0.1, 0.15) is 30.8 Å². The monoisotopic (exact) mass is 242 g/mol. The van der Waals surface area contributed by atoms with E-state index < -0.39 is 0 Å². The predicted molar refractivity (Wildman–Crippen MR) is 72.4 cm³/mol. The van der Waals surface area contributed by atoms with Crippen LogP contribution in [-0.4, -0.2) is 15.0 Å². The third kappa shape index (κ3) is 3.03. The van der Waals surface area contributed by atoms with E-state index in [9.17, 15) is 0 Å². The van der Waals surface area contributed by atoms with E-state index in [4.69, 9.17) is 0 Å². The summed E-state index contributed by atoms with van der Waals surface area (Å²) in [5.41, 5.74) is 3.40. The lowest BCUT2D eigenvalue weighted by atomic mass is 10.1. The first kappa shape index (κ1) is 12.5. The number of anilines is 1. The fourth-order valence-corrected chi connectivity index (χ4v) is 1.81. The third-order valence-electron chi connectivity index (χ3n) is 2.89. The summed E-state index contributed by atoms with van der Waals surface area (Å²) in [5, 5.41) is 3.30. The van der Waals surface area contributed by atoms with Gasteiger partial charge in [-0.1, -0.05) is 19.9 Å². The molecule has 0 saturated carbocycles. The Morgan fingerprint density at radius 1 is 1.11 bits per heavy atom. The molecule has 0 fully saturated rings. The van der Waals surface area contributed by atoms with Crippen molar-refractivity contribution >= 4 is 5.82 Å². The topological polar surface area (TPSA) is 50.7 Å². The zero-order valence-corrected chi connectivity index (χ0v) is 10.8. The summed E-state index contributed by atoms with van der Waals surface area (Å²) in [6.45, 7) is 4.92. The van der Waals surface area contributed by atoms with Crippen LogP contribution in [-0.2, 0) is 19.4 Å². The highest BCUT2D eigenvalue weighted by atomic mass is 15.0. The lowest BCUT2D eigenvalue weighted by Gasteiger charge is -2.09. The van der Waals surface area contributed by atoms with Gasteiger partial charge in [0.2, 0.25) is 0 Å². The van der Waals surface area contributed by atoms with Gasteiger partial charge in [0.15, 0.2) is 0 Å². The van der Waals surface area contributed by atoms with Crippen molar-refractivity contribution in [2.45, 2.75) is 33.2 Å². The van der Waals surface area contributed by atoms with Gasteiger partial charge in [0.05, 0.1) is 12.2 Å². The highest BCUT2D eigenvalue weighted by Crippen LogP contribution is 2.10. The molecule has 2 rings (SSSR count). The van der Waals surface area contributed by atoms with E-state index in [1.54, 1.807) is 6.33 Å². The quantitative estimate of drug-likeness (QED) is 0.875. The number of aromatic nitrogens is 3. The minimum absolute atomic E-state index is 0.699. The van der Waals surface area contributed by atoms with Crippen molar-refractivity contribution in [1.29, 1.82) is 0 Å². The molecule has 0 unspecified atom stereocenters. The number of hydrogen-bond acceptors (Lipinski definition) is 4. The van der Waals surface area contributed by atoms with Crippen LogP contribution in [0.5, 0.6) is 0 Å². The molecule has 2 heterocycles. The zero-order valence-electron chi connectivity index (χ0n) is 10.8. The van der Waals surface area contributed by atoms with Gasteiger partial charge < -0.3 is 5.32 Å². The molecule has 18 heavy (non-hydrogen) atoms. The Balaban J connectivity index is 2.06. The fraction of sp³-hybridized carbons (Fsp3) is 0.357. The number of aryl methyl sites for hydroxylation is 2. The Labute approximate surface area is 108 Å². The van der Waals surface area contributed by atoms with Crippen LogP contribution in [0, 0.1) is 0 Å². The smallest absolute Gasteiger partial charge is 0.129 e. The third-order valence-corrected chi connectivity index (χ3v) is 2.89. The molecule has 0 aliphatic rings. The first-order chi connectivity index (χ1) is 8.83. The van der Waals surface area contributed by atoms with Crippen LogP contribution in [0.25, 0.3) is 0 Å². The van der Waals surface area contributed by atoms with E-state index in [0.29, 0.717) is 6.54 Å². The van der Waals surface area contributed by atoms with Crippen molar-refractivity contribution in [2.75, 3.05) is 5.32 Å². The van der Waals surface area contributed by atoms with Crippen molar-refractivity contribution in [3.05, 3.63) is 47.7 Å². The Hall–Kier alpha value is -1.97. The van der Waals surface area contributed by atoms with Gasteiger partial charge in [-0.15, -0.1) is 0 Å². The van der Waals surface area contributed by atoms with Gasteiger partial charge >= 0.3 is 0 Å². The van der Waals surface area contributed by atoms with E-state index >= 15 is 0 Å². The average molecular weight is 242 g/mol. The van der Waals surface area contributed by atoms with E-state index in [-0.39, 0.29) is 0 Å². The molecule has 94 valence electrons. The summed E-state index contributed by atoms with van der Waals surface area (Å²) < 4.78 is 0. The van der Waals surface area contributed by atoms with Crippen LogP contribution in [0.15, 0.2) is 30.7 Å². The summed E-state index contributed by atoms with van der Waals surface area (Å²) in [4.78, 5) is 12.8. The summed E-state index contributed by atoms with van der Waals surface area (Å²) in [7, 11) is 0. The molecular formula is C14H18N4. The van der Waals surface area contributed by atoms with Gasteiger partial charge in [0.1, 0.15) is 12.1 Å². The van der Waals surface area contributed by atoms with Gasteiger partial charge in [-0.05, 0) is 24.5 Å². The van der Waals surface area contributed by atoms with Gasteiger partial charge in [-0.3, -0.25) is 4.98 Å². The molecule has 1 N–H and O–H groups in total. The van der Waals surface area contributed by atoms with Crippen LogP contribution >= 0.6 is 0 Å². The van der Waals surface area contributed by atoms with Crippen LogP contribution in [0.2, 0.25) is 0 Å². The second-order valence-corrected chi connectivity index (χ2v) is 4.06. The number of hydrogen-bond donors (Lipinski definition) is 1. The molecule has 0 spiro atoms. The largest absolute Gasteiger partial charge is 0.364 e. The first-order valence-electron chi connectivity index (χ1n) is 6.31. The molecule has 0 amide bonds.